The zero-order valence-electron chi connectivity index (χ0n) is 7.97. The third-order valence-electron chi connectivity index (χ3n) is 1.30. The van der Waals surface area contributed by atoms with Crippen molar-refractivity contribution in [2.24, 2.45) is 0 Å². The maximum atomic E-state index is 10.2. The number of rotatable bonds is 2. The predicted molar refractivity (Wildman–Crippen MR) is 61.5 cm³/mol. The number of hydrogen-bond acceptors (Lipinski definition) is 4. The fraction of sp³-hybridized carbons (Fsp3) is 0.222. The summed E-state index contributed by atoms with van der Waals surface area (Å²) in [5.74, 6) is -1.08. The Morgan fingerprint density at radius 3 is 2.07 bits per heavy atom. The van der Waals surface area contributed by atoms with Gasteiger partial charge in [-0.1, -0.05) is 34.7 Å². The van der Waals surface area contributed by atoms with Crippen LogP contribution in [0.25, 0.3) is 0 Å². The van der Waals surface area contributed by atoms with Crippen LogP contribution in [0.4, 0.5) is 5.69 Å². The zero-order chi connectivity index (χ0) is 11.8. The lowest BCUT2D eigenvalue weighted by Crippen LogP contribution is -2.16. The van der Waals surface area contributed by atoms with E-state index in [-0.39, 0.29) is 5.69 Å². The van der Waals surface area contributed by atoms with E-state index < -0.39 is 10.9 Å². The fourth-order valence-electron chi connectivity index (χ4n) is 0.707. The first-order valence-corrected chi connectivity index (χ1v) is 5.46. The maximum Gasteiger partial charge on any atom is 0.269 e. The summed E-state index contributed by atoms with van der Waals surface area (Å²) in [5, 5.41) is 19.1. The number of non-ortho nitro benzene ring substituents is 1. The second kappa shape index (κ2) is 7.16. The highest BCUT2D eigenvalue weighted by atomic mass is 127. The lowest BCUT2D eigenvalue weighted by molar-refractivity contribution is -0.384. The van der Waals surface area contributed by atoms with Crippen molar-refractivity contribution in [3.05, 3.63) is 39.9 Å². The fourth-order valence-corrected chi connectivity index (χ4v) is 1.22. The molecule has 0 heterocycles. The van der Waals surface area contributed by atoms with Gasteiger partial charge in [-0.25, -0.2) is 0 Å². The highest BCUT2D eigenvalue weighted by Crippen LogP contribution is 2.13. The quantitative estimate of drug-likeness (QED) is 0.355. The number of halogens is 1. The van der Waals surface area contributed by atoms with E-state index in [4.69, 9.17) is 9.90 Å². The van der Waals surface area contributed by atoms with Crippen molar-refractivity contribution in [2.45, 2.75) is 11.4 Å². The Morgan fingerprint density at radius 1 is 1.40 bits per heavy atom. The number of nitro benzene ring substituents is 1. The van der Waals surface area contributed by atoms with Crippen molar-refractivity contribution in [1.82, 2.24) is 0 Å². The first kappa shape index (κ1) is 13.8. The Balaban J connectivity index is 0.000000423. The van der Waals surface area contributed by atoms with Crippen LogP contribution < -0.4 is 5.11 Å². The molecule has 0 aliphatic rings. The molecule has 15 heavy (non-hydrogen) atoms. The Bertz CT molecular complexity index is 332. The summed E-state index contributed by atoms with van der Waals surface area (Å²) in [4.78, 5) is 18.7. The molecule has 0 aliphatic heterocycles. The highest BCUT2D eigenvalue weighted by Gasteiger charge is 2.02. The van der Waals surface area contributed by atoms with Crippen LogP contribution in [0.15, 0.2) is 24.3 Å². The van der Waals surface area contributed by atoms with Crippen molar-refractivity contribution in [2.75, 3.05) is 0 Å². The maximum absolute atomic E-state index is 10.2. The second-order valence-corrected chi connectivity index (χ2v) is 3.31. The number of nitrogens with zero attached hydrogens (tertiary/aromatic N) is 1. The van der Waals surface area contributed by atoms with Crippen molar-refractivity contribution in [3.8, 4) is 0 Å². The molecule has 0 amide bonds. The largest absolute Gasteiger partial charge is 0.550 e. The monoisotopic (exact) mass is 322 g/mol. The number of carbonyl (C=O) groups is 1. The van der Waals surface area contributed by atoms with E-state index in [0.717, 1.165) is 16.9 Å². The minimum Gasteiger partial charge on any atom is -0.550 e. The third kappa shape index (κ3) is 6.83. The van der Waals surface area contributed by atoms with Gasteiger partial charge in [0.05, 0.1) is 4.92 Å². The summed E-state index contributed by atoms with van der Waals surface area (Å²) in [6.45, 7) is 0.972. The summed E-state index contributed by atoms with van der Waals surface area (Å²) >= 11 is 2.21. The molecule has 82 valence electrons. The van der Waals surface area contributed by atoms with Crippen molar-refractivity contribution in [3.63, 3.8) is 0 Å². The number of carbonyl (C=O) groups excluding carboxylic acids is 1. The van der Waals surface area contributed by atoms with E-state index in [1.807, 2.05) is 0 Å². The molecular formula is C9H9INO4-. The number of carboxylic acid groups (broad SMARTS) is 1. The average Bonchev–Trinajstić information content (AvgIpc) is 2.17. The number of aliphatic carboxylic acids is 1. The average molecular weight is 322 g/mol. The van der Waals surface area contributed by atoms with Gasteiger partial charge in [-0.3, -0.25) is 10.1 Å². The molecule has 0 N–H and O–H groups in total. The first-order valence-electron chi connectivity index (χ1n) is 3.94. The molecule has 0 radical (unpaired) electrons. The molecular weight excluding hydrogens is 313 g/mol. The van der Waals surface area contributed by atoms with Gasteiger partial charge in [0, 0.05) is 22.5 Å². The van der Waals surface area contributed by atoms with Crippen LogP contribution >= 0.6 is 22.6 Å². The third-order valence-corrected chi connectivity index (χ3v) is 2.18. The van der Waals surface area contributed by atoms with Crippen molar-refractivity contribution >= 4 is 34.2 Å². The molecule has 1 aromatic rings. The lowest BCUT2D eigenvalue weighted by Gasteiger charge is -1.92. The summed E-state index contributed by atoms with van der Waals surface area (Å²) in [6, 6.07) is 6.58. The van der Waals surface area contributed by atoms with Gasteiger partial charge in [-0.05, 0) is 12.5 Å². The van der Waals surface area contributed by atoms with Crippen molar-refractivity contribution in [1.29, 1.82) is 0 Å². The molecule has 0 aliphatic carbocycles. The summed E-state index contributed by atoms with van der Waals surface area (Å²) in [5.41, 5.74) is 1.26. The van der Waals surface area contributed by atoms with Crippen LogP contribution in [0, 0.1) is 10.1 Å². The Morgan fingerprint density at radius 2 is 1.80 bits per heavy atom. The van der Waals surface area contributed by atoms with Gasteiger partial charge in [0.15, 0.2) is 0 Å². The van der Waals surface area contributed by atoms with E-state index in [1.165, 1.54) is 12.1 Å². The summed E-state index contributed by atoms with van der Waals surface area (Å²) < 4.78 is 0.885. The first-order chi connectivity index (χ1) is 6.97. The number of carboxylic acids is 1. The Kier molecular flexibility index (Phi) is 6.59. The zero-order valence-corrected chi connectivity index (χ0v) is 10.1. The van der Waals surface area contributed by atoms with Crippen LogP contribution in [-0.2, 0) is 9.22 Å². The standard InChI is InChI=1S/C7H6INO2.C2H4O2/c8-5-6-1-3-7(4-2-6)9(10)11;1-2(3)4/h1-4H,5H2;1H3,(H,3,4)/p-1. The highest BCUT2D eigenvalue weighted by molar-refractivity contribution is 14.1. The minimum absolute atomic E-state index is 0.151. The molecule has 0 saturated carbocycles. The predicted octanol–water partition coefficient (Wildman–Crippen LogP) is 1.29. The molecule has 0 atom stereocenters. The van der Waals surface area contributed by atoms with Gasteiger partial charge in [-0.15, -0.1) is 0 Å². The Hall–Kier alpha value is -1.18. The van der Waals surface area contributed by atoms with Gasteiger partial charge in [0.1, 0.15) is 0 Å². The van der Waals surface area contributed by atoms with Gasteiger partial charge in [0.25, 0.3) is 5.69 Å². The smallest absolute Gasteiger partial charge is 0.269 e. The number of nitro groups is 1. The molecule has 0 bridgehead atoms. The molecule has 0 fully saturated rings. The number of hydrogen-bond donors (Lipinski definition) is 0. The minimum atomic E-state index is -1.08. The van der Waals surface area contributed by atoms with Gasteiger partial charge in [-0.2, -0.15) is 0 Å². The number of alkyl halides is 1. The molecule has 1 aromatic carbocycles. The molecule has 0 aromatic heterocycles. The molecule has 0 spiro atoms. The van der Waals surface area contributed by atoms with E-state index in [0.29, 0.717) is 0 Å². The van der Waals surface area contributed by atoms with Crippen LogP contribution in [-0.4, -0.2) is 10.9 Å². The van der Waals surface area contributed by atoms with Gasteiger partial charge < -0.3 is 9.90 Å². The summed E-state index contributed by atoms with van der Waals surface area (Å²) in [7, 11) is 0. The van der Waals surface area contributed by atoms with E-state index in [2.05, 4.69) is 22.6 Å². The van der Waals surface area contributed by atoms with Crippen LogP contribution in [0.1, 0.15) is 12.5 Å². The molecule has 0 unspecified atom stereocenters. The molecule has 5 nitrogen and oxygen atoms in total. The topological polar surface area (TPSA) is 83.3 Å². The molecule has 1 rings (SSSR count). The van der Waals surface area contributed by atoms with E-state index in [1.54, 1.807) is 12.1 Å². The molecule has 6 heteroatoms. The summed E-state index contributed by atoms with van der Waals surface area (Å²) in [6.07, 6.45) is 0. The normalized spacial score (nSPS) is 8.67. The van der Waals surface area contributed by atoms with Crippen LogP contribution in [0.2, 0.25) is 0 Å². The van der Waals surface area contributed by atoms with Gasteiger partial charge in [0.2, 0.25) is 0 Å². The molecule has 0 saturated heterocycles. The van der Waals surface area contributed by atoms with Crippen LogP contribution in [0.5, 0.6) is 0 Å². The Labute approximate surface area is 100 Å². The SMILES string of the molecule is CC(=O)[O-].O=[N+]([O-])c1ccc(CI)cc1. The van der Waals surface area contributed by atoms with E-state index >= 15 is 0 Å². The van der Waals surface area contributed by atoms with E-state index in [9.17, 15) is 10.1 Å². The van der Waals surface area contributed by atoms with Gasteiger partial charge >= 0.3 is 0 Å². The van der Waals surface area contributed by atoms with Crippen LogP contribution in [0.3, 0.4) is 0 Å². The number of benzene rings is 1. The van der Waals surface area contributed by atoms with Crippen molar-refractivity contribution < 1.29 is 14.8 Å². The lowest BCUT2D eigenvalue weighted by atomic mass is 10.2. The second-order valence-electron chi connectivity index (χ2n) is 2.55.